The van der Waals surface area contributed by atoms with Crippen LogP contribution in [0, 0.1) is 0 Å². The number of hydrogen-bond donors (Lipinski definition) is 0. The van der Waals surface area contributed by atoms with Crippen LogP contribution in [0.3, 0.4) is 0 Å². The summed E-state index contributed by atoms with van der Waals surface area (Å²) in [6.07, 6.45) is 2.19. The second-order valence-corrected chi connectivity index (χ2v) is 4.42. The minimum absolute atomic E-state index is 0.240. The molecule has 0 radical (unpaired) electrons. The van der Waals surface area contributed by atoms with Gasteiger partial charge in [-0.3, -0.25) is 4.79 Å². The van der Waals surface area contributed by atoms with Gasteiger partial charge >= 0.3 is 5.97 Å². The molecule has 0 heterocycles. The lowest BCUT2D eigenvalue weighted by Crippen LogP contribution is -2.14. The van der Waals surface area contributed by atoms with Crippen LogP contribution >= 0.6 is 0 Å². The molecule has 1 aromatic carbocycles. The topological polar surface area (TPSA) is 78.3 Å². The summed E-state index contributed by atoms with van der Waals surface area (Å²) in [7, 11) is 4.01. The van der Waals surface area contributed by atoms with Gasteiger partial charge in [0, 0.05) is 17.0 Å². The van der Waals surface area contributed by atoms with Crippen molar-refractivity contribution in [3.8, 4) is 5.75 Å². The summed E-state index contributed by atoms with van der Waals surface area (Å²) in [5.41, 5.74) is 8.76. The van der Waals surface area contributed by atoms with Gasteiger partial charge in [-0.25, -0.2) is 0 Å². The molecule has 0 aliphatic rings. The van der Waals surface area contributed by atoms with E-state index in [-0.39, 0.29) is 5.97 Å². The lowest BCUT2D eigenvalue weighted by molar-refractivity contribution is -0.134. The smallest absolute Gasteiger partial charge is 0.311 e. The van der Waals surface area contributed by atoms with E-state index in [1.54, 1.807) is 24.3 Å². The highest BCUT2D eigenvalue weighted by atomic mass is 16.5. The number of hydrogen-bond acceptors (Lipinski definition) is 4. The van der Waals surface area contributed by atoms with Crippen LogP contribution in [0.15, 0.2) is 29.4 Å². The summed E-state index contributed by atoms with van der Waals surface area (Å²) >= 11 is 0. The molecular weight excluding hydrogens is 244 g/mol. The lowest BCUT2D eigenvalue weighted by Gasteiger charge is -2.08. The molecule has 0 amide bonds. The minimum Gasteiger partial charge on any atom is -0.427 e. The third-order valence-electron chi connectivity index (χ3n) is 2.46. The molecule has 0 saturated heterocycles. The molecule has 6 nitrogen and oxygen atoms in total. The molecule has 0 aliphatic heterocycles. The Hall–Kier alpha value is -2.04. The Morgan fingerprint density at radius 2 is 2.00 bits per heavy atom. The number of esters is 1. The van der Waals surface area contributed by atoms with Crippen LogP contribution < -0.4 is 4.74 Å². The summed E-state index contributed by atoms with van der Waals surface area (Å²) in [6, 6.07) is 6.44. The third kappa shape index (κ3) is 6.45. The number of ether oxygens (including phenoxy) is 1. The van der Waals surface area contributed by atoms with Gasteiger partial charge in [0.1, 0.15) is 5.75 Å². The second-order valence-electron chi connectivity index (χ2n) is 4.42. The molecule has 19 heavy (non-hydrogen) atoms. The molecule has 0 aromatic heterocycles. The van der Waals surface area contributed by atoms with Crippen molar-refractivity contribution in [2.24, 2.45) is 5.11 Å². The summed E-state index contributed by atoms with van der Waals surface area (Å²) in [5, 5.41) is 3.44. The van der Waals surface area contributed by atoms with Gasteiger partial charge in [-0.2, -0.15) is 0 Å². The van der Waals surface area contributed by atoms with Crippen molar-refractivity contribution in [3.63, 3.8) is 0 Å². The van der Waals surface area contributed by atoms with Gasteiger partial charge in [-0.1, -0.05) is 5.11 Å². The van der Waals surface area contributed by atoms with Gasteiger partial charge in [0.25, 0.3) is 0 Å². The monoisotopic (exact) mass is 262 g/mol. The van der Waals surface area contributed by atoms with E-state index < -0.39 is 0 Å². The Labute approximate surface area is 112 Å². The highest BCUT2D eigenvalue weighted by Crippen LogP contribution is 2.18. The Balaban J connectivity index is 2.33. The molecule has 0 N–H and O–H groups in total. The highest BCUT2D eigenvalue weighted by Gasteiger charge is 2.04. The Bertz CT molecular complexity index is 450. The van der Waals surface area contributed by atoms with Crippen LogP contribution in [0.4, 0.5) is 5.69 Å². The van der Waals surface area contributed by atoms with Crippen LogP contribution in [0.5, 0.6) is 5.75 Å². The van der Waals surface area contributed by atoms with Gasteiger partial charge in [-0.05, 0) is 63.3 Å². The molecular formula is C13H18N4O2. The summed E-state index contributed by atoms with van der Waals surface area (Å²) in [4.78, 5) is 16.3. The van der Waals surface area contributed by atoms with E-state index in [1.165, 1.54) is 0 Å². The van der Waals surface area contributed by atoms with Crippen molar-refractivity contribution in [1.29, 1.82) is 0 Å². The predicted octanol–water partition coefficient (Wildman–Crippen LogP) is 3.27. The van der Waals surface area contributed by atoms with Crippen LogP contribution in [-0.2, 0) is 4.79 Å². The van der Waals surface area contributed by atoms with Gasteiger partial charge in [0.05, 0.1) is 0 Å². The third-order valence-corrected chi connectivity index (χ3v) is 2.46. The fourth-order valence-corrected chi connectivity index (χ4v) is 1.51. The second kappa shape index (κ2) is 8.13. The van der Waals surface area contributed by atoms with Crippen molar-refractivity contribution in [2.75, 3.05) is 20.6 Å². The number of azide groups is 1. The molecule has 1 aromatic rings. The van der Waals surface area contributed by atoms with E-state index >= 15 is 0 Å². The van der Waals surface area contributed by atoms with Gasteiger partial charge in [0.15, 0.2) is 0 Å². The zero-order valence-corrected chi connectivity index (χ0v) is 11.2. The van der Waals surface area contributed by atoms with Crippen molar-refractivity contribution < 1.29 is 9.53 Å². The number of benzene rings is 1. The Morgan fingerprint density at radius 1 is 1.32 bits per heavy atom. The van der Waals surface area contributed by atoms with E-state index in [1.807, 2.05) is 14.1 Å². The van der Waals surface area contributed by atoms with Crippen molar-refractivity contribution in [2.45, 2.75) is 19.3 Å². The first-order valence-electron chi connectivity index (χ1n) is 6.12. The van der Waals surface area contributed by atoms with E-state index in [0.29, 0.717) is 17.9 Å². The van der Waals surface area contributed by atoms with Crippen molar-refractivity contribution in [1.82, 2.24) is 4.90 Å². The molecule has 1 rings (SSSR count). The zero-order chi connectivity index (χ0) is 14.1. The summed E-state index contributed by atoms with van der Waals surface area (Å²) in [5.74, 6) is 0.227. The molecule has 0 atom stereocenters. The average Bonchev–Trinajstić information content (AvgIpc) is 2.37. The van der Waals surface area contributed by atoms with E-state index in [9.17, 15) is 4.79 Å². The summed E-state index contributed by atoms with van der Waals surface area (Å²) in [6.45, 7) is 0.966. The number of rotatable bonds is 7. The van der Waals surface area contributed by atoms with Gasteiger partial charge < -0.3 is 9.64 Å². The lowest BCUT2D eigenvalue weighted by atomic mass is 10.2. The average molecular weight is 262 g/mol. The number of nitrogens with zero attached hydrogens (tertiary/aromatic N) is 4. The van der Waals surface area contributed by atoms with Crippen LogP contribution in [-0.4, -0.2) is 31.5 Å². The van der Waals surface area contributed by atoms with Crippen LogP contribution in [0.25, 0.3) is 10.4 Å². The molecule has 0 fully saturated rings. The van der Waals surface area contributed by atoms with Gasteiger partial charge in [-0.15, -0.1) is 0 Å². The standard InChI is InChI=1S/C13H18N4O2/c1-17(2)10-4-3-5-13(18)19-12-8-6-11(7-9-12)15-16-14/h6-9H,3-5,10H2,1-2H3. The maximum atomic E-state index is 11.5. The SMILES string of the molecule is CN(C)CCCCC(=O)Oc1ccc(N=[N+]=[N-])cc1. The number of carbonyl (C=O) groups is 1. The first-order valence-corrected chi connectivity index (χ1v) is 6.12. The molecule has 0 aliphatic carbocycles. The molecule has 0 unspecified atom stereocenters. The molecule has 0 spiro atoms. The fourth-order valence-electron chi connectivity index (χ4n) is 1.51. The van der Waals surface area contributed by atoms with E-state index in [4.69, 9.17) is 10.3 Å². The molecule has 0 saturated carbocycles. The summed E-state index contributed by atoms with van der Waals surface area (Å²) < 4.78 is 5.17. The fraction of sp³-hybridized carbons (Fsp3) is 0.462. The first-order chi connectivity index (χ1) is 9.11. The van der Waals surface area contributed by atoms with Gasteiger partial charge in [0.2, 0.25) is 0 Å². The maximum absolute atomic E-state index is 11.5. The quantitative estimate of drug-likeness (QED) is 0.189. The Morgan fingerprint density at radius 3 is 2.58 bits per heavy atom. The minimum atomic E-state index is -0.240. The van der Waals surface area contributed by atoms with E-state index in [0.717, 1.165) is 19.4 Å². The molecule has 0 bridgehead atoms. The predicted molar refractivity (Wildman–Crippen MR) is 73.3 cm³/mol. The first kappa shape index (κ1) is 15.0. The molecule has 6 heteroatoms. The zero-order valence-electron chi connectivity index (χ0n) is 11.2. The largest absolute Gasteiger partial charge is 0.427 e. The van der Waals surface area contributed by atoms with Crippen LogP contribution in [0.1, 0.15) is 19.3 Å². The van der Waals surface area contributed by atoms with Crippen molar-refractivity contribution in [3.05, 3.63) is 34.7 Å². The van der Waals surface area contributed by atoms with Crippen molar-refractivity contribution >= 4 is 11.7 Å². The number of unbranched alkanes of at least 4 members (excludes halogenated alkanes) is 1. The Kier molecular flexibility index (Phi) is 6.43. The maximum Gasteiger partial charge on any atom is 0.311 e. The van der Waals surface area contributed by atoms with Crippen LogP contribution in [0.2, 0.25) is 0 Å². The highest BCUT2D eigenvalue weighted by molar-refractivity contribution is 5.72. The normalized spacial score (nSPS) is 10.1. The molecule has 102 valence electrons. The van der Waals surface area contributed by atoms with E-state index in [2.05, 4.69) is 14.9 Å². The number of carbonyl (C=O) groups excluding carboxylic acids is 1.